The number of hydrogen-bond donors (Lipinski definition) is 1. The second-order valence-corrected chi connectivity index (χ2v) is 9.97. The summed E-state index contributed by atoms with van der Waals surface area (Å²) in [7, 11) is 1.57. The molecule has 1 aromatic carbocycles. The number of aliphatic hydroxyl groups excluding tert-OH is 1. The molecule has 9 heteroatoms. The maximum absolute atomic E-state index is 14.3. The third-order valence-electron chi connectivity index (χ3n) is 8.00. The van der Waals surface area contributed by atoms with Gasteiger partial charge in [0, 0.05) is 12.2 Å². The predicted octanol–water partition coefficient (Wildman–Crippen LogP) is 2.23. The molecule has 9 nitrogen and oxygen atoms in total. The number of benzene rings is 1. The third kappa shape index (κ3) is 4.14. The lowest BCUT2D eigenvalue weighted by molar-refractivity contribution is -0.155. The lowest BCUT2D eigenvalue weighted by Crippen LogP contribution is -2.58. The molecule has 0 bridgehead atoms. The van der Waals surface area contributed by atoms with E-state index in [-0.39, 0.29) is 31.6 Å². The number of anilines is 1. The molecule has 1 N–H and O–H groups in total. The molecule has 0 radical (unpaired) electrons. The molecule has 1 aromatic rings. The van der Waals surface area contributed by atoms with Gasteiger partial charge in [0.25, 0.3) is 5.91 Å². The van der Waals surface area contributed by atoms with Gasteiger partial charge in [0.15, 0.2) is 0 Å². The zero-order valence-electron chi connectivity index (χ0n) is 21.2. The standard InChI is InChI=1S/C28H34N2O7/c1-3-18(17-31)30-24-26(33)29(19-10-12-20(35-2)13-11-19)15-8-14-28(24)23(25(30)32)22-21(37-28)9-6-4-5-7-16-36-27(22)34/h6,8-14,18,21-24,31H,3-5,7,15-17H2,1-2H3/b9-6-/t18-,21-,22+,23-,24?,28-/m0/s1. The molecule has 2 fully saturated rings. The van der Waals surface area contributed by atoms with Crippen LogP contribution in [0.1, 0.15) is 32.6 Å². The van der Waals surface area contributed by atoms with Crippen molar-refractivity contribution in [3.8, 4) is 5.75 Å². The van der Waals surface area contributed by atoms with E-state index in [9.17, 15) is 19.5 Å². The molecule has 0 aromatic heterocycles. The predicted molar refractivity (Wildman–Crippen MR) is 135 cm³/mol. The Balaban J connectivity index is 1.61. The Hall–Kier alpha value is -3.17. The topological polar surface area (TPSA) is 106 Å². The van der Waals surface area contributed by atoms with Gasteiger partial charge in [0.1, 0.15) is 23.3 Å². The number of rotatable bonds is 5. The van der Waals surface area contributed by atoms with E-state index in [1.54, 1.807) is 42.4 Å². The maximum atomic E-state index is 14.3. The van der Waals surface area contributed by atoms with E-state index in [0.29, 0.717) is 17.9 Å². The number of likely N-dealkylation sites (tertiary alicyclic amines) is 1. The average molecular weight is 511 g/mol. The van der Waals surface area contributed by atoms with Gasteiger partial charge < -0.3 is 29.1 Å². The van der Waals surface area contributed by atoms with Crippen LogP contribution < -0.4 is 9.64 Å². The maximum Gasteiger partial charge on any atom is 0.312 e. The number of carbonyl (C=O) groups is 3. The summed E-state index contributed by atoms with van der Waals surface area (Å²) in [4.78, 5) is 44.8. The fourth-order valence-corrected chi connectivity index (χ4v) is 6.16. The second kappa shape index (κ2) is 10.3. The molecular formula is C28H34N2O7. The minimum absolute atomic E-state index is 0.271. The Labute approximate surface area is 216 Å². The second-order valence-electron chi connectivity index (χ2n) is 9.97. The number of methoxy groups -OCH3 is 1. The first-order valence-electron chi connectivity index (χ1n) is 13.0. The molecule has 2 amide bonds. The number of nitrogens with zero attached hydrogens (tertiary/aromatic N) is 2. The zero-order valence-corrected chi connectivity index (χ0v) is 21.2. The minimum atomic E-state index is -1.36. The van der Waals surface area contributed by atoms with Crippen molar-refractivity contribution >= 4 is 23.5 Å². The number of aliphatic hydroxyl groups is 1. The van der Waals surface area contributed by atoms with Crippen molar-refractivity contribution in [2.24, 2.45) is 11.8 Å². The summed E-state index contributed by atoms with van der Waals surface area (Å²) < 4.78 is 17.4. The summed E-state index contributed by atoms with van der Waals surface area (Å²) in [6, 6.07) is 5.50. The van der Waals surface area contributed by atoms with Gasteiger partial charge in [0.05, 0.1) is 38.4 Å². The van der Waals surface area contributed by atoms with Gasteiger partial charge in [-0.25, -0.2) is 0 Å². The number of esters is 1. The largest absolute Gasteiger partial charge is 0.497 e. The fraction of sp³-hybridized carbons (Fsp3) is 0.536. The molecule has 5 rings (SSSR count). The van der Waals surface area contributed by atoms with Gasteiger partial charge in [-0.05, 0) is 49.9 Å². The van der Waals surface area contributed by atoms with Crippen LogP contribution in [0.15, 0.2) is 48.6 Å². The molecule has 1 unspecified atom stereocenters. The summed E-state index contributed by atoms with van der Waals surface area (Å²) in [5, 5.41) is 10.2. The summed E-state index contributed by atoms with van der Waals surface area (Å²) >= 11 is 0. The average Bonchev–Trinajstić information content (AvgIpc) is 3.30. The molecule has 37 heavy (non-hydrogen) atoms. The highest BCUT2D eigenvalue weighted by atomic mass is 16.6. The van der Waals surface area contributed by atoms with Crippen LogP contribution in [-0.4, -0.2) is 78.4 Å². The van der Waals surface area contributed by atoms with Gasteiger partial charge in [-0.1, -0.05) is 31.2 Å². The third-order valence-corrected chi connectivity index (χ3v) is 8.00. The molecular weight excluding hydrogens is 476 g/mol. The molecule has 198 valence electrons. The van der Waals surface area contributed by atoms with E-state index in [1.165, 1.54) is 4.90 Å². The van der Waals surface area contributed by atoms with Crippen molar-refractivity contribution in [1.29, 1.82) is 0 Å². The minimum Gasteiger partial charge on any atom is -0.497 e. The first-order chi connectivity index (χ1) is 18.0. The monoisotopic (exact) mass is 510 g/mol. The van der Waals surface area contributed by atoms with Gasteiger partial charge in [0.2, 0.25) is 5.91 Å². The van der Waals surface area contributed by atoms with Gasteiger partial charge in [-0.15, -0.1) is 0 Å². The van der Waals surface area contributed by atoms with Crippen LogP contribution in [0.5, 0.6) is 5.75 Å². The molecule has 6 atom stereocenters. The van der Waals surface area contributed by atoms with Crippen molar-refractivity contribution in [3.05, 3.63) is 48.6 Å². The summed E-state index contributed by atoms with van der Waals surface area (Å²) in [6.45, 7) is 2.11. The normalized spacial score (nSPS) is 33.2. The zero-order chi connectivity index (χ0) is 26.2. The molecule has 4 aliphatic rings. The smallest absolute Gasteiger partial charge is 0.312 e. The van der Waals surface area contributed by atoms with Crippen LogP contribution in [0.2, 0.25) is 0 Å². The van der Waals surface area contributed by atoms with Crippen molar-refractivity contribution in [3.63, 3.8) is 0 Å². The lowest BCUT2D eigenvalue weighted by atomic mass is 9.78. The van der Waals surface area contributed by atoms with E-state index in [2.05, 4.69) is 0 Å². The number of ether oxygens (including phenoxy) is 3. The molecule has 4 heterocycles. The number of amides is 2. The highest BCUT2D eigenvalue weighted by Crippen LogP contribution is 2.54. The molecule has 0 saturated carbocycles. The van der Waals surface area contributed by atoms with Gasteiger partial charge in [-0.3, -0.25) is 14.4 Å². The summed E-state index contributed by atoms with van der Waals surface area (Å²) in [5.74, 6) is -2.32. The van der Waals surface area contributed by atoms with E-state index in [4.69, 9.17) is 14.2 Å². The Morgan fingerprint density at radius 1 is 1.14 bits per heavy atom. The van der Waals surface area contributed by atoms with E-state index < -0.39 is 41.6 Å². The van der Waals surface area contributed by atoms with E-state index >= 15 is 0 Å². The highest BCUT2D eigenvalue weighted by Gasteiger charge is 2.72. The van der Waals surface area contributed by atoms with Crippen LogP contribution in [0.25, 0.3) is 0 Å². The Morgan fingerprint density at radius 2 is 1.92 bits per heavy atom. The van der Waals surface area contributed by atoms with Crippen molar-refractivity contribution in [2.45, 2.75) is 56.4 Å². The number of carbonyl (C=O) groups excluding carboxylic acids is 3. The highest BCUT2D eigenvalue weighted by molar-refractivity contribution is 6.05. The van der Waals surface area contributed by atoms with Crippen LogP contribution >= 0.6 is 0 Å². The number of hydrogen-bond acceptors (Lipinski definition) is 7. The van der Waals surface area contributed by atoms with E-state index in [1.807, 2.05) is 25.2 Å². The fourth-order valence-electron chi connectivity index (χ4n) is 6.16. The van der Waals surface area contributed by atoms with Crippen LogP contribution in [0.3, 0.4) is 0 Å². The number of fused-ring (bicyclic) bond motifs is 2. The van der Waals surface area contributed by atoms with Crippen molar-refractivity contribution < 1.29 is 33.7 Å². The van der Waals surface area contributed by atoms with Crippen molar-refractivity contribution in [2.75, 3.05) is 31.8 Å². The molecule has 1 spiro atoms. The lowest BCUT2D eigenvalue weighted by Gasteiger charge is -2.38. The number of allylic oxidation sites excluding steroid dienone is 1. The Kier molecular flexibility index (Phi) is 7.09. The SMILES string of the molecule is CC[C@@H](CO)N1C(=O)[C@@H]2[C@@H]3C(=O)OCCCC/C=C\[C@@H]3O[C@@]23C=CCN(c2ccc(OC)cc2)C(=O)C13. The molecule has 2 saturated heterocycles. The number of cyclic esters (lactones) is 1. The quantitative estimate of drug-likeness (QED) is 0.478. The molecule has 4 aliphatic heterocycles. The Bertz CT molecular complexity index is 1100. The van der Waals surface area contributed by atoms with Gasteiger partial charge >= 0.3 is 5.97 Å². The summed E-state index contributed by atoms with van der Waals surface area (Å²) in [6.07, 6.45) is 9.64. The Morgan fingerprint density at radius 3 is 2.62 bits per heavy atom. The molecule has 0 aliphatic carbocycles. The van der Waals surface area contributed by atoms with Crippen LogP contribution in [0.4, 0.5) is 5.69 Å². The summed E-state index contributed by atoms with van der Waals surface area (Å²) in [5.41, 5.74) is -0.707. The van der Waals surface area contributed by atoms with E-state index in [0.717, 1.165) is 19.3 Å². The first-order valence-corrected chi connectivity index (χ1v) is 13.0. The van der Waals surface area contributed by atoms with Crippen molar-refractivity contribution in [1.82, 2.24) is 4.90 Å². The first kappa shape index (κ1) is 25.5. The van der Waals surface area contributed by atoms with Crippen LogP contribution in [0, 0.1) is 11.8 Å². The van der Waals surface area contributed by atoms with Crippen LogP contribution in [-0.2, 0) is 23.9 Å². The van der Waals surface area contributed by atoms with Gasteiger partial charge in [-0.2, -0.15) is 0 Å².